The monoisotopic (exact) mass is 419 g/mol. The van der Waals surface area contributed by atoms with Crippen molar-refractivity contribution >= 4 is 17.6 Å². The zero-order valence-electron chi connectivity index (χ0n) is 16.0. The predicted molar refractivity (Wildman–Crippen MR) is 101 cm³/mol. The van der Waals surface area contributed by atoms with Gasteiger partial charge in [-0.2, -0.15) is 0 Å². The second-order valence-corrected chi connectivity index (χ2v) is 6.89. The molecule has 9 nitrogen and oxygen atoms in total. The molecule has 0 unspecified atom stereocenters. The van der Waals surface area contributed by atoms with Crippen LogP contribution in [0.2, 0.25) is 0 Å². The maximum Gasteiger partial charge on any atom is 0.282 e. The van der Waals surface area contributed by atoms with Crippen LogP contribution in [0.4, 0.5) is 14.5 Å². The van der Waals surface area contributed by atoms with Crippen molar-refractivity contribution in [2.24, 2.45) is 16.6 Å². The van der Waals surface area contributed by atoms with E-state index >= 15 is 0 Å². The number of carbonyl (C=O) groups is 1. The summed E-state index contributed by atoms with van der Waals surface area (Å²) in [7, 11) is 1.43. The molecular formula is C19H19F2N5O4. The number of amidine groups is 1. The molecule has 0 spiro atoms. The number of methoxy groups -OCH3 is 1. The van der Waals surface area contributed by atoms with E-state index in [1.165, 1.54) is 37.7 Å². The first-order valence-corrected chi connectivity index (χ1v) is 9.10. The van der Waals surface area contributed by atoms with Crippen LogP contribution in [0.1, 0.15) is 16.1 Å². The van der Waals surface area contributed by atoms with Crippen molar-refractivity contribution in [1.29, 1.82) is 0 Å². The molecule has 11 heteroatoms. The van der Waals surface area contributed by atoms with E-state index in [1.807, 2.05) is 0 Å². The first-order chi connectivity index (χ1) is 14.5. The highest BCUT2D eigenvalue weighted by Gasteiger charge is 2.55. The quantitative estimate of drug-likeness (QED) is 0.751. The molecule has 0 radical (unpaired) electrons. The van der Waals surface area contributed by atoms with E-state index < -0.39 is 36.0 Å². The second-order valence-electron chi connectivity index (χ2n) is 6.89. The molecule has 1 fully saturated rings. The van der Waals surface area contributed by atoms with E-state index in [-0.39, 0.29) is 36.4 Å². The lowest BCUT2D eigenvalue weighted by Gasteiger charge is -2.35. The van der Waals surface area contributed by atoms with Crippen LogP contribution in [-0.2, 0) is 15.0 Å². The average molecular weight is 419 g/mol. The van der Waals surface area contributed by atoms with Gasteiger partial charge in [-0.05, 0) is 18.2 Å². The lowest BCUT2D eigenvalue weighted by Crippen LogP contribution is -2.45. The fraction of sp³-hybridized carbons (Fsp3) is 0.368. The van der Waals surface area contributed by atoms with E-state index in [0.29, 0.717) is 5.69 Å². The minimum absolute atomic E-state index is 0.0430. The lowest BCUT2D eigenvalue weighted by molar-refractivity contribution is 0.0528. The SMILES string of the molecule is COc1cnc(C(=O)Nc2ccc(F)c([C@]34CO[C@H](CF)[C@H]3COC(N)=N4)c2)cn1. The number of fused-ring (bicyclic) bond motifs is 1. The molecule has 2 aliphatic rings. The Bertz CT molecular complexity index is 987. The van der Waals surface area contributed by atoms with Crippen molar-refractivity contribution < 1.29 is 27.8 Å². The van der Waals surface area contributed by atoms with Crippen LogP contribution < -0.4 is 15.8 Å². The number of benzene rings is 1. The van der Waals surface area contributed by atoms with Crippen LogP contribution in [0, 0.1) is 11.7 Å². The average Bonchev–Trinajstić information content (AvgIpc) is 3.13. The number of halogens is 2. The number of amides is 1. The van der Waals surface area contributed by atoms with Gasteiger partial charge in [0.2, 0.25) is 5.88 Å². The van der Waals surface area contributed by atoms with Crippen molar-refractivity contribution in [2.45, 2.75) is 11.6 Å². The molecule has 3 atom stereocenters. The Labute approximate surface area is 170 Å². The molecule has 2 aliphatic heterocycles. The standard InChI is InChI=1S/C19H19F2N5O4/c1-28-16-7-23-14(6-24-16)17(27)25-10-2-3-13(21)11(4-10)19-9-30-15(5-20)12(19)8-29-18(22)26-19/h2-4,6-7,12,15H,5,8-9H2,1H3,(H2,22,26)(H,25,27)/t12-,15-,19-/m1/s1. The maximum atomic E-state index is 14.8. The van der Waals surface area contributed by atoms with Gasteiger partial charge < -0.3 is 25.3 Å². The molecule has 3 N–H and O–H groups in total. The van der Waals surface area contributed by atoms with Crippen molar-refractivity contribution in [3.63, 3.8) is 0 Å². The van der Waals surface area contributed by atoms with E-state index in [4.69, 9.17) is 19.9 Å². The molecule has 2 aromatic rings. The normalized spacial score (nSPS) is 25.1. The van der Waals surface area contributed by atoms with E-state index in [2.05, 4.69) is 20.3 Å². The van der Waals surface area contributed by atoms with Crippen LogP contribution in [0.25, 0.3) is 0 Å². The molecule has 0 aliphatic carbocycles. The number of ether oxygens (including phenoxy) is 3. The first kappa shape index (κ1) is 20.0. The molecule has 30 heavy (non-hydrogen) atoms. The van der Waals surface area contributed by atoms with Crippen LogP contribution in [-0.4, -0.2) is 55.0 Å². The highest BCUT2D eigenvalue weighted by Crippen LogP contribution is 2.46. The number of carbonyl (C=O) groups excluding carboxylic acids is 1. The Kier molecular flexibility index (Phi) is 5.20. The molecular weight excluding hydrogens is 400 g/mol. The number of rotatable bonds is 5. The fourth-order valence-corrected chi connectivity index (χ4v) is 3.69. The molecule has 0 bridgehead atoms. The summed E-state index contributed by atoms with van der Waals surface area (Å²) in [6.07, 6.45) is 1.77. The van der Waals surface area contributed by atoms with Crippen molar-refractivity contribution in [3.05, 3.63) is 47.7 Å². The molecule has 1 aromatic heterocycles. The number of aliphatic imine (C=N–C) groups is 1. The summed E-state index contributed by atoms with van der Waals surface area (Å²) < 4.78 is 43.9. The van der Waals surface area contributed by atoms with Crippen molar-refractivity contribution in [1.82, 2.24) is 9.97 Å². The summed E-state index contributed by atoms with van der Waals surface area (Å²) in [5, 5.41) is 2.64. The van der Waals surface area contributed by atoms with Gasteiger partial charge in [-0.3, -0.25) is 4.79 Å². The minimum Gasteiger partial charge on any atom is -0.480 e. The van der Waals surface area contributed by atoms with Gasteiger partial charge in [-0.25, -0.2) is 23.7 Å². The second kappa shape index (κ2) is 7.82. The third-order valence-corrected chi connectivity index (χ3v) is 5.21. The lowest BCUT2D eigenvalue weighted by atomic mass is 9.78. The Morgan fingerprint density at radius 3 is 2.93 bits per heavy atom. The van der Waals surface area contributed by atoms with Gasteiger partial charge in [-0.1, -0.05) is 0 Å². The first-order valence-electron chi connectivity index (χ1n) is 9.10. The summed E-state index contributed by atoms with van der Waals surface area (Å²) in [6, 6.07) is 3.90. The molecule has 4 rings (SSSR count). The summed E-state index contributed by atoms with van der Waals surface area (Å²) in [6.45, 7) is -0.782. The maximum absolute atomic E-state index is 14.8. The summed E-state index contributed by atoms with van der Waals surface area (Å²) >= 11 is 0. The highest BCUT2D eigenvalue weighted by atomic mass is 19.1. The zero-order chi connectivity index (χ0) is 21.3. The molecule has 1 aromatic carbocycles. The molecule has 1 amide bonds. The highest BCUT2D eigenvalue weighted by molar-refractivity contribution is 6.02. The zero-order valence-corrected chi connectivity index (χ0v) is 16.0. The van der Waals surface area contributed by atoms with Gasteiger partial charge in [0.05, 0.1) is 44.7 Å². The summed E-state index contributed by atoms with van der Waals surface area (Å²) in [5.41, 5.74) is 4.96. The van der Waals surface area contributed by atoms with Crippen molar-refractivity contribution in [2.75, 3.05) is 32.3 Å². The Morgan fingerprint density at radius 1 is 1.40 bits per heavy atom. The summed E-state index contributed by atoms with van der Waals surface area (Å²) in [5.74, 6) is -1.43. The van der Waals surface area contributed by atoms with Gasteiger partial charge in [0.15, 0.2) is 0 Å². The summed E-state index contributed by atoms with van der Waals surface area (Å²) in [4.78, 5) is 24.7. The number of nitrogens with two attached hydrogens (primary N) is 1. The Balaban J connectivity index is 1.66. The number of anilines is 1. The molecule has 158 valence electrons. The van der Waals surface area contributed by atoms with Gasteiger partial charge >= 0.3 is 0 Å². The van der Waals surface area contributed by atoms with Gasteiger partial charge in [0.1, 0.15) is 23.7 Å². The Morgan fingerprint density at radius 2 is 2.23 bits per heavy atom. The van der Waals surface area contributed by atoms with Gasteiger partial charge in [0, 0.05) is 11.3 Å². The van der Waals surface area contributed by atoms with E-state index in [0.717, 1.165) is 0 Å². The number of nitrogens with zero attached hydrogens (tertiary/aromatic N) is 3. The van der Waals surface area contributed by atoms with Crippen LogP contribution in [0.5, 0.6) is 5.88 Å². The molecule has 0 saturated carbocycles. The van der Waals surface area contributed by atoms with Crippen LogP contribution in [0.15, 0.2) is 35.6 Å². The third kappa shape index (κ3) is 3.41. The largest absolute Gasteiger partial charge is 0.480 e. The minimum atomic E-state index is -1.25. The third-order valence-electron chi connectivity index (χ3n) is 5.21. The Hall–Kier alpha value is -3.34. The van der Waals surface area contributed by atoms with Gasteiger partial charge in [-0.15, -0.1) is 0 Å². The van der Waals surface area contributed by atoms with Gasteiger partial charge in [0.25, 0.3) is 11.9 Å². The van der Waals surface area contributed by atoms with Crippen molar-refractivity contribution in [3.8, 4) is 5.88 Å². The number of aromatic nitrogens is 2. The number of nitrogens with one attached hydrogen (secondary N) is 1. The number of alkyl halides is 1. The molecule has 3 heterocycles. The van der Waals surface area contributed by atoms with Crippen LogP contribution in [0.3, 0.4) is 0 Å². The van der Waals surface area contributed by atoms with E-state index in [9.17, 15) is 13.6 Å². The van der Waals surface area contributed by atoms with E-state index in [1.54, 1.807) is 0 Å². The van der Waals surface area contributed by atoms with Crippen LogP contribution >= 0.6 is 0 Å². The predicted octanol–water partition coefficient (Wildman–Crippen LogP) is 1.40. The number of hydrogen-bond donors (Lipinski definition) is 2. The topological polar surface area (TPSA) is 121 Å². The number of hydrogen-bond acceptors (Lipinski definition) is 8. The fourth-order valence-electron chi connectivity index (χ4n) is 3.69. The smallest absolute Gasteiger partial charge is 0.282 e. The molecule has 1 saturated heterocycles.